The van der Waals surface area contributed by atoms with Crippen LogP contribution in [-0.2, 0) is 23.8 Å². The molecule has 0 radical (unpaired) electrons. The zero-order valence-corrected chi connectivity index (χ0v) is 38.9. The van der Waals surface area contributed by atoms with Crippen LogP contribution in [0.15, 0.2) is 0 Å². The SMILES string of the molecule is CC(C)CCC(CCOC(=O)CCCCCCCCCC(CCCCCCCC(=O)OCCC(CCC(C)C)C(C)C)OCCCCN1CCCCC1)C(C)C. The molecule has 6 nitrogen and oxygen atoms in total. The molecule has 332 valence electrons. The number of rotatable bonds is 38. The van der Waals surface area contributed by atoms with Gasteiger partial charge in [0.2, 0.25) is 0 Å². The Morgan fingerprint density at radius 1 is 0.446 bits per heavy atom. The highest BCUT2D eigenvalue weighted by Gasteiger charge is 2.17. The fourth-order valence-corrected chi connectivity index (χ4v) is 8.39. The molecule has 3 atom stereocenters. The number of likely N-dealkylation sites (tertiary alicyclic amines) is 1. The van der Waals surface area contributed by atoms with E-state index in [9.17, 15) is 9.59 Å². The summed E-state index contributed by atoms with van der Waals surface area (Å²) in [5.74, 6) is 4.04. The highest BCUT2D eigenvalue weighted by molar-refractivity contribution is 5.69. The van der Waals surface area contributed by atoms with Gasteiger partial charge in [0.1, 0.15) is 0 Å². The van der Waals surface area contributed by atoms with Crippen LogP contribution in [0.2, 0.25) is 0 Å². The number of hydrogen-bond acceptors (Lipinski definition) is 6. The minimum Gasteiger partial charge on any atom is -0.466 e. The number of nitrogens with zero attached hydrogens (tertiary/aromatic N) is 1. The van der Waals surface area contributed by atoms with Crippen LogP contribution >= 0.6 is 0 Å². The highest BCUT2D eigenvalue weighted by Crippen LogP contribution is 2.25. The molecule has 0 saturated carbocycles. The Labute approximate surface area is 349 Å². The van der Waals surface area contributed by atoms with Gasteiger partial charge in [-0.3, -0.25) is 9.59 Å². The maximum Gasteiger partial charge on any atom is 0.305 e. The number of esters is 2. The van der Waals surface area contributed by atoms with Gasteiger partial charge in [-0.1, -0.05) is 139 Å². The van der Waals surface area contributed by atoms with Crippen LogP contribution < -0.4 is 0 Å². The summed E-state index contributed by atoms with van der Waals surface area (Å²) in [4.78, 5) is 27.3. The van der Waals surface area contributed by atoms with Crippen molar-refractivity contribution in [3.63, 3.8) is 0 Å². The quantitative estimate of drug-likeness (QED) is 0.0458. The lowest BCUT2D eigenvalue weighted by Crippen LogP contribution is -2.30. The van der Waals surface area contributed by atoms with Crippen molar-refractivity contribution in [1.82, 2.24) is 4.90 Å². The monoisotopic (exact) mass is 792 g/mol. The van der Waals surface area contributed by atoms with Gasteiger partial charge in [-0.15, -0.1) is 0 Å². The summed E-state index contributed by atoms with van der Waals surface area (Å²) in [6.45, 7) is 24.2. The summed E-state index contributed by atoms with van der Waals surface area (Å²) in [6, 6.07) is 0. The van der Waals surface area contributed by atoms with Crippen LogP contribution in [0.3, 0.4) is 0 Å². The molecule has 1 fully saturated rings. The molecule has 1 rings (SSSR count). The van der Waals surface area contributed by atoms with Crippen LogP contribution in [-0.4, -0.2) is 62.4 Å². The second-order valence-corrected chi connectivity index (χ2v) is 19.4. The zero-order valence-electron chi connectivity index (χ0n) is 38.9. The molecule has 0 N–H and O–H groups in total. The third-order valence-electron chi connectivity index (χ3n) is 12.6. The van der Waals surface area contributed by atoms with Crippen LogP contribution in [0.5, 0.6) is 0 Å². The van der Waals surface area contributed by atoms with Gasteiger partial charge in [0, 0.05) is 19.4 Å². The summed E-state index contributed by atoms with van der Waals surface area (Å²) in [5.41, 5.74) is 0. The molecule has 3 unspecified atom stereocenters. The molecule has 0 aromatic rings. The lowest BCUT2D eigenvalue weighted by molar-refractivity contribution is -0.145. The predicted molar refractivity (Wildman–Crippen MR) is 239 cm³/mol. The molecule has 1 saturated heterocycles. The van der Waals surface area contributed by atoms with E-state index in [1.807, 2.05) is 0 Å². The first-order valence-electron chi connectivity index (χ1n) is 24.6. The van der Waals surface area contributed by atoms with Gasteiger partial charge in [-0.2, -0.15) is 0 Å². The third kappa shape index (κ3) is 31.8. The van der Waals surface area contributed by atoms with E-state index in [-0.39, 0.29) is 11.9 Å². The average Bonchev–Trinajstić information content (AvgIpc) is 3.15. The van der Waals surface area contributed by atoms with Crippen molar-refractivity contribution in [1.29, 1.82) is 0 Å². The maximum absolute atomic E-state index is 12.3. The molecule has 56 heavy (non-hydrogen) atoms. The Bertz CT molecular complexity index is 898. The zero-order chi connectivity index (χ0) is 41.2. The molecule has 1 aliphatic rings. The van der Waals surface area contributed by atoms with Gasteiger partial charge in [0.05, 0.1) is 19.3 Å². The molecular weight excluding hydrogens is 695 g/mol. The molecule has 1 heterocycles. The summed E-state index contributed by atoms with van der Waals surface area (Å²) in [6.07, 6.45) is 31.4. The summed E-state index contributed by atoms with van der Waals surface area (Å²) in [5, 5.41) is 0. The Hall–Kier alpha value is -1.14. The number of hydrogen-bond donors (Lipinski definition) is 0. The van der Waals surface area contributed by atoms with Gasteiger partial charge in [0.25, 0.3) is 0 Å². The fourth-order valence-electron chi connectivity index (χ4n) is 8.39. The van der Waals surface area contributed by atoms with Crippen molar-refractivity contribution < 1.29 is 23.8 Å². The molecule has 0 aliphatic carbocycles. The van der Waals surface area contributed by atoms with Crippen molar-refractivity contribution in [3.8, 4) is 0 Å². The van der Waals surface area contributed by atoms with Gasteiger partial charge < -0.3 is 19.1 Å². The Morgan fingerprint density at radius 3 is 1.30 bits per heavy atom. The number of carbonyl (C=O) groups excluding carboxylic acids is 2. The van der Waals surface area contributed by atoms with Gasteiger partial charge in [0.15, 0.2) is 0 Å². The van der Waals surface area contributed by atoms with Crippen LogP contribution in [0.1, 0.15) is 229 Å². The predicted octanol–water partition coefficient (Wildman–Crippen LogP) is 14.2. The second kappa shape index (κ2) is 35.8. The van der Waals surface area contributed by atoms with Crippen LogP contribution in [0.25, 0.3) is 0 Å². The number of ether oxygens (including phenoxy) is 3. The van der Waals surface area contributed by atoms with E-state index in [0.717, 1.165) is 63.4 Å². The fraction of sp³-hybridized carbons (Fsp3) is 0.960. The smallest absolute Gasteiger partial charge is 0.305 e. The summed E-state index contributed by atoms with van der Waals surface area (Å²) < 4.78 is 17.7. The molecule has 6 heteroatoms. The lowest BCUT2D eigenvalue weighted by Gasteiger charge is -2.26. The molecule has 0 bridgehead atoms. The van der Waals surface area contributed by atoms with E-state index in [4.69, 9.17) is 14.2 Å². The first-order chi connectivity index (χ1) is 27.0. The van der Waals surface area contributed by atoms with E-state index >= 15 is 0 Å². The maximum atomic E-state index is 12.3. The van der Waals surface area contributed by atoms with Crippen molar-refractivity contribution in [2.45, 2.75) is 235 Å². The largest absolute Gasteiger partial charge is 0.466 e. The molecule has 0 aromatic heterocycles. The van der Waals surface area contributed by atoms with Gasteiger partial charge >= 0.3 is 11.9 Å². The molecule has 1 aliphatic heterocycles. The average molecular weight is 792 g/mol. The normalized spacial score (nSPS) is 15.6. The molecule has 0 aromatic carbocycles. The Kier molecular flexibility index (Phi) is 33.8. The van der Waals surface area contributed by atoms with Crippen molar-refractivity contribution in [2.75, 3.05) is 39.5 Å². The van der Waals surface area contributed by atoms with Crippen molar-refractivity contribution in [3.05, 3.63) is 0 Å². The van der Waals surface area contributed by atoms with E-state index < -0.39 is 0 Å². The highest BCUT2D eigenvalue weighted by atomic mass is 16.5. The topological polar surface area (TPSA) is 65.1 Å². The van der Waals surface area contributed by atoms with E-state index in [0.29, 0.717) is 55.8 Å². The van der Waals surface area contributed by atoms with Crippen molar-refractivity contribution in [2.24, 2.45) is 35.5 Å². The first kappa shape index (κ1) is 52.9. The molecule has 0 spiro atoms. The lowest BCUT2D eigenvalue weighted by atomic mass is 9.86. The molecular formula is C50H97NO5. The Balaban J connectivity index is 2.22. The van der Waals surface area contributed by atoms with E-state index in [2.05, 4.69) is 60.3 Å². The number of piperidine rings is 1. The third-order valence-corrected chi connectivity index (χ3v) is 12.6. The van der Waals surface area contributed by atoms with E-state index in [1.54, 1.807) is 0 Å². The van der Waals surface area contributed by atoms with Crippen LogP contribution in [0.4, 0.5) is 0 Å². The number of unbranched alkanes of at least 4 members (excludes halogenated alkanes) is 11. The number of carbonyl (C=O) groups is 2. The first-order valence-corrected chi connectivity index (χ1v) is 24.6. The minimum atomic E-state index is -0.0109. The van der Waals surface area contributed by atoms with Crippen LogP contribution in [0, 0.1) is 35.5 Å². The summed E-state index contributed by atoms with van der Waals surface area (Å²) in [7, 11) is 0. The Morgan fingerprint density at radius 2 is 0.875 bits per heavy atom. The van der Waals surface area contributed by atoms with Gasteiger partial charge in [-0.25, -0.2) is 0 Å². The standard InChI is InChI=1S/C50H97NO5/c1-42(2)30-32-46(44(5)6)34-40-55-49(52)28-20-15-11-9-10-13-18-26-48(54-39-25-24-38-51-36-22-17-23-37-51)27-19-14-12-16-21-29-50(53)56-41-35-47(45(7)8)33-31-43(3)4/h42-48H,9-41H2,1-8H3. The van der Waals surface area contributed by atoms with Gasteiger partial charge in [-0.05, 0) is 132 Å². The molecule has 0 amide bonds. The minimum absolute atomic E-state index is 0.00741. The van der Waals surface area contributed by atoms with E-state index in [1.165, 1.54) is 135 Å². The summed E-state index contributed by atoms with van der Waals surface area (Å²) >= 11 is 0. The second-order valence-electron chi connectivity index (χ2n) is 19.4. The van der Waals surface area contributed by atoms with Crippen molar-refractivity contribution >= 4 is 11.9 Å².